The minimum Gasteiger partial charge on any atom is -0.458 e. The maximum absolute atomic E-state index is 7.44. The van der Waals surface area contributed by atoms with Crippen LogP contribution in [0.15, 0.2) is 249 Å². The van der Waals surface area contributed by atoms with E-state index in [0.717, 1.165) is 39.5 Å². The summed E-state index contributed by atoms with van der Waals surface area (Å²) in [5.74, 6) is 1.78. The summed E-state index contributed by atoms with van der Waals surface area (Å²) in [5, 5.41) is 7.79. The Kier molecular flexibility index (Phi) is 8.65. The first-order chi connectivity index (χ1) is 32.3. The molecule has 0 fully saturated rings. The molecular weight excluding hydrogens is 804 g/mol. The van der Waals surface area contributed by atoms with E-state index in [0.29, 0.717) is 0 Å². The van der Waals surface area contributed by atoms with Crippen LogP contribution in [0.25, 0.3) is 49.7 Å². The lowest BCUT2D eigenvalue weighted by Gasteiger charge is -2.43. The first-order valence-electron chi connectivity index (χ1n) is 22.5. The Labute approximate surface area is 380 Å². The molecule has 0 atom stereocenters. The molecule has 0 radical (unpaired) electrons. The van der Waals surface area contributed by atoms with Gasteiger partial charge in [0.25, 0.3) is 0 Å². The van der Waals surface area contributed by atoms with Crippen LogP contribution < -0.4 is 41.2 Å². The molecular formula is C60H41BN2OSi. The highest BCUT2D eigenvalue weighted by molar-refractivity contribution is 7.20. The highest BCUT2D eigenvalue weighted by Gasteiger charge is 2.47. The van der Waals surface area contributed by atoms with Gasteiger partial charge in [0.15, 0.2) is 8.07 Å². The fourth-order valence-corrected chi connectivity index (χ4v) is 15.8. The van der Waals surface area contributed by atoms with Crippen LogP contribution in [0.5, 0.6) is 11.5 Å². The average molecular weight is 845 g/mol. The molecule has 304 valence electrons. The predicted molar refractivity (Wildman–Crippen MR) is 275 cm³/mol. The fraction of sp³-hybridized carbons (Fsp3) is 0. The summed E-state index contributed by atoms with van der Waals surface area (Å²) >= 11 is 0. The Bertz CT molecular complexity index is 3440. The van der Waals surface area contributed by atoms with Crippen molar-refractivity contribution in [1.29, 1.82) is 0 Å². The van der Waals surface area contributed by atoms with E-state index in [1.54, 1.807) is 0 Å². The van der Waals surface area contributed by atoms with E-state index in [-0.39, 0.29) is 6.85 Å². The van der Waals surface area contributed by atoms with Crippen molar-refractivity contribution in [1.82, 2.24) is 4.57 Å². The average Bonchev–Trinajstić information content (AvgIpc) is 3.72. The van der Waals surface area contributed by atoms with Gasteiger partial charge in [-0.3, -0.25) is 0 Å². The van der Waals surface area contributed by atoms with E-state index in [4.69, 9.17) is 4.74 Å². The Hall–Kier alpha value is -8.12. The summed E-state index contributed by atoms with van der Waals surface area (Å²) in [5.41, 5.74) is 12.8. The summed E-state index contributed by atoms with van der Waals surface area (Å²) in [6, 6.07) is 91.5. The molecule has 5 heteroatoms. The lowest BCUT2D eigenvalue weighted by atomic mass is 9.44. The molecule has 0 saturated carbocycles. The molecule has 0 aliphatic carbocycles. The van der Waals surface area contributed by atoms with Gasteiger partial charge in [-0.05, 0) is 97.5 Å². The zero-order valence-corrected chi connectivity index (χ0v) is 36.6. The van der Waals surface area contributed by atoms with E-state index >= 15 is 0 Å². The van der Waals surface area contributed by atoms with E-state index in [1.807, 2.05) is 0 Å². The molecule has 3 heterocycles. The maximum atomic E-state index is 7.44. The molecule has 11 aromatic rings. The maximum Gasteiger partial charge on any atom is 0.336 e. The van der Waals surface area contributed by atoms with Gasteiger partial charge in [0.2, 0.25) is 0 Å². The van der Waals surface area contributed by atoms with Gasteiger partial charge in [-0.2, -0.15) is 0 Å². The molecule has 0 bridgehead atoms. The lowest BCUT2D eigenvalue weighted by molar-refractivity contribution is 0.488. The van der Waals surface area contributed by atoms with E-state index < -0.39 is 8.07 Å². The molecule has 13 rings (SSSR count). The summed E-state index contributed by atoms with van der Waals surface area (Å²) in [4.78, 5) is 2.53. The molecule has 2 aliphatic rings. The molecule has 0 N–H and O–H groups in total. The highest BCUT2D eigenvalue weighted by atomic mass is 28.3. The van der Waals surface area contributed by atoms with Crippen molar-refractivity contribution in [2.75, 3.05) is 4.81 Å². The van der Waals surface area contributed by atoms with Crippen molar-refractivity contribution in [2.24, 2.45) is 0 Å². The summed E-state index contributed by atoms with van der Waals surface area (Å²) in [6.45, 7) is -0.130. The minimum atomic E-state index is -2.93. The molecule has 3 nitrogen and oxygen atoms in total. The van der Waals surface area contributed by atoms with Crippen LogP contribution in [0.4, 0.5) is 11.4 Å². The number of rotatable bonds is 7. The predicted octanol–water partition coefficient (Wildman–Crippen LogP) is 10.9. The van der Waals surface area contributed by atoms with Gasteiger partial charge in [-0.1, -0.05) is 194 Å². The second kappa shape index (κ2) is 15.0. The quantitative estimate of drug-likeness (QED) is 0.117. The molecule has 0 unspecified atom stereocenters. The van der Waals surface area contributed by atoms with Gasteiger partial charge in [-0.15, -0.1) is 0 Å². The van der Waals surface area contributed by atoms with Crippen LogP contribution >= 0.6 is 0 Å². The second-order valence-corrected chi connectivity index (χ2v) is 21.0. The summed E-state index contributed by atoms with van der Waals surface area (Å²) in [6.07, 6.45) is 0. The molecule has 0 saturated heterocycles. The van der Waals surface area contributed by atoms with Crippen molar-refractivity contribution in [2.45, 2.75) is 0 Å². The number of hydrogen-bond donors (Lipinski definition) is 0. The normalized spacial score (nSPS) is 12.7. The molecule has 1 aromatic heterocycles. The Morgan fingerprint density at radius 3 is 1.55 bits per heavy atom. The number of aromatic nitrogens is 1. The second-order valence-electron chi connectivity index (χ2n) is 17.2. The first kappa shape index (κ1) is 37.4. The van der Waals surface area contributed by atoms with Crippen LogP contribution in [-0.4, -0.2) is 19.5 Å². The topological polar surface area (TPSA) is 17.4 Å². The number of para-hydroxylation sites is 4. The third kappa shape index (κ3) is 5.76. The van der Waals surface area contributed by atoms with Crippen molar-refractivity contribution in [3.8, 4) is 39.4 Å². The van der Waals surface area contributed by atoms with E-state index in [2.05, 4.69) is 258 Å². The zero-order valence-electron chi connectivity index (χ0n) is 35.6. The number of hydrogen-bond acceptors (Lipinski definition) is 2. The van der Waals surface area contributed by atoms with Crippen molar-refractivity contribution in [3.63, 3.8) is 0 Å². The van der Waals surface area contributed by atoms with Gasteiger partial charge in [-0.25, -0.2) is 0 Å². The van der Waals surface area contributed by atoms with Crippen LogP contribution in [0, 0.1) is 0 Å². The van der Waals surface area contributed by atoms with Gasteiger partial charge in [0.1, 0.15) is 11.5 Å². The molecule has 0 spiro atoms. The monoisotopic (exact) mass is 844 g/mol. The standard InChI is InChI=1S/C60H41BN2OSi/c1-5-21-44(22-6-1)63-57-35-18-15-32-52(57)53-40-49(65(46-24-7-2-8-25-46,47-26-9-3-10-27-47)48-28-11-4-12-29-48)41-59-60(53)61(63)54-37-36-43(39-58(54)64-59)42-20-19-23-45(38-42)62-55-33-16-13-30-50(55)51-31-14-17-34-56(51)62/h1-41H. The molecule has 2 aliphatic heterocycles. The van der Waals surface area contributed by atoms with Crippen LogP contribution in [-0.2, 0) is 0 Å². The third-order valence-electron chi connectivity index (χ3n) is 13.8. The number of benzene rings is 10. The SMILES string of the molecule is c1ccc(N2B3c4ccc(-c5cccc(-n6c7ccccc7c7ccccc76)c5)cc4Oc4cc([Si](c5ccccc5)(c5ccccc5)c5ccccc5)cc(c43)-c3ccccc32)cc1. The Morgan fingerprint density at radius 1 is 0.369 bits per heavy atom. The summed E-state index contributed by atoms with van der Waals surface area (Å²) < 4.78 is 9.83. The number of nitrogens with zero attached hydrogens (tertiary/aromatic N) is 2. The van der Waals surface area contributed by atoms with Crippen molar-refractivity contribution >= 4 is 79.8 Å². The molecule has 10 aromatic carbocycles. The van der Waals surface area contributed by atoms with E-state index in [9.17, 15) is 0 Å². The summed E-state index contributed by atoms with van der Waals surface area (Å²) in [7, 11) is -2.93. The van der Waals surface area contributed by atoms with Gasteiger partial charge >= 0.3 is 6.85 Å². The largest absolute Gasteiger partial charge is 0.458 e. The highest BCUT2D eigenvalue weighted by Crippen LogP contribution is 2.44. The van der Waals surface area contributed by atoms with E-state index in [1.165, 1.54) is 64.8 Å². The smallest absolute Gasteiger partial charge is 0.336 e. The Morgan fingerprint density at radius 2 is 0.908 bits per heavy atom. The number of fused-ring (bicyclic) bond motifs is 7. The molecule has 65 heavy (non-hydrogen) atoms. The van der Waals surface area contributed by atoms with Gasteiger partial charge in [0.05, 0.1) is 11.0 Å². The first-order valence-corrected chi connectivity index (χ1v) is 24.5. The number of ether oxygens (including phenoxy) is 1. The fourth-order valence-electron chi connectivity index (χ4n) is 11.0. The third-order valence-corrected chi connectivity index (χ3v) is 18.5. The van der Waals surface area contributed by atoms with Gasteiger partial charge in [0, 0.05) is 38.9 Å². The molecule has 0 amide bonds. The van der Waals surface area contributed by atoms with Crippen molar-refractivity contribution < 1.29 is 4.74 Å². The lowest BCUT2D eigenvalue weighted by Crippen LogP contribution is -2.75. The van der Waals surface area contributed by atoms with Crippen LogP contribution in [0.1, 0.15) is 0 Å². The zero-order chi connectivity index (χ0) is 42.9. The van der Waals surface area contributed by atoms with Crippen molar-refractivity contribution in [3.05, 3.63) is 249 Å². The minimum absolute atomic E-state index is 0.130. The van der Waals surface area contributed by atoms with Crippen LogP contribution in [0.2, 0.25) is 0 Å². The van der Waals surface area contributed by atoms with Gasteiger partial charge < -0.3 is 14.1 Å². The van der Waals surface area contributed by atoms with Crippen LogP contribution in [0.3, 0.4) is 0 Å². The Balaban J connectivity index is 1.05. The number of anilines is 2.